The zero-order valence-electron chi connectivity index (χ0n) is 15.3. The maximum Gasteiger partial charge on any atom is 0.227 e. The quantitative estimate of drug-likeness (QED) is 0.740. The fourth-order valence-corrected chi connectivity index (χ4v) is 2.68. The molecule has 3 rings (SSSR count). The predicted octanol–water partition coefficient (Wildman–Crippen LogP) is 2.92. The van der Waals surface area contributed by atoms with Crippen LogP contribution < -0.4 is 14.4 Å². The van der Waals surface area contributed by atoms with Crippen molar-refractivity contribution in [2.45, 2.75) is 13.5 Å². The summed E-state index contributed by atoms with van der Waals surface area (Å²) in [6.45, 7) is 5.22. The van der Waals surface area contributed by atoms with Crippen LogP contribution in [0.5, 0.6) is 11.5 Å². The summed E-state index contributed by atoms with van der Waals surface area (Å²) in [5, 5.41) is 8.55. The molecule has 0 atom stereocenters. The van der Waals surface area contributed by atoms with Crippen LogP contribution >= 0.6 is 0 Å². The highest BCUT2D eigenvalue weighted by Crippen LogP contribution is 2.25. The summed E-state index contributed by atoms with van der Waals surface area (Å²) in [6.07, 6.45) is 0. The van der Waals surface area contributed by atoms with E-state index in [0.29, 0.717) is 31.5 Å². The van der Waals surface area contributed by atoms with Crippen LogP contribution in [0, 0.1) is 6.92 Å². The molecule has 138 valence electrons. The molecule has 26 heavy (non-hydrogen) atoms. The van der Waals surface area contributed by atoms with Crippen LogP contribution in [0.25, 0.3) is 0 Å². The number of methoxy groups -OCH3 is 2. The average molecular weight is 357 g/mol. The van der Waals surface area contributed by atoms with E-state index in [9.17, 15) is 0 Å². The predicted molar refractivity (Wildman–Crippen MR) is 97.6 cm³/mol. The normalized spacial score (nSPS) is 14.7. The van der Waals surface area contributed by atoms with Gasteiger partial charge in [0.1, 0.15) is 11.5 Å². The Bertz CT molecular complexity index is 775. The standard InChI is InChI=1S/C18H23N5O3/c1-13-10-17(21-18(20-13)23-6-8-26-9-7-23)22-19-12-14-11-15(24-2)4-5-16(14)25-3/h4-5,10-11H,6-9,12H2,1-3H3. The lowest BCUT2D eigenvalue weighted by molar-refractivity contribution is 0.122. The zero-order chi connectivity index (χ0) is 18.4. The molecule has 1 aromatic heterocycles. The summed E-state index contributed by atoms with van der Waals surface area (Å²) in [5.74, 6) is 2.71. The largest absolute Gasteiger partial charge is 0.497 e. The van der Waals surface area contributed by atoms with Gasteiger partial charge < -0.3 is 19.1 Å². The van der Waals surface area contributed by atoms with E-state index in [-0.39, 0.29) is 0 Å². The SMILES string of the molecule is COc1ccc(OC)c(CN=Nc2cc(C)nc(N3CCOCC3)n2)c1. The number of benzene rings is 1. The molecular weight excluding hydrogens is 334 g/mol. The molecule has 0 bridgehead atoms. The Hall–Kier alpha value is -2.74. The minimum Gasteiger partial charge on any atom is -0.497 e. The van der Waals surface area contributed by atoms with Crippen molar-refractivity contribution in [3.8, 4) is 11.5 Å². The molecule has 8 nitrogen and oxygen atoms in total. The van der Waals surface area contributed by atoms with Crippen molar-refractivity contribution in [2.24, 2.45) is 10.2 Å². The van der Waals surface area contributed by atoms with Crippen LogP contribution in [0.4, 0.5) is 11.8 Å². The van der Waals surface area contributed by atoms with Crippen molar-refractivity contribution in [1.82, 2.24) is 9.97 Å². The minimum atomic E-state index is 0.371. The summed E-state index contributed by atoms with van der Waals surface area (Å²) in [7, 11) is 3.26. The zero-order valence-corrected chi connectivity index (χ0v) is 15.3. The minimum absolute atomic E-state index is 0.371. The smallest absolute Gasteiger partial charge is 0.227 e. The van der Waals surface area contributed by atoms with Gasteiger partial charge in [-0.25, -0.2) is 4.98 Å². The Morgan fingerprint density at radius 2 is 1.92 bits per heavy atom. The first-order valence-electron chi connectivity index (χ1n) is 8.46. The van der Waals surface area contributed by atoms with Gasteiger partial charge in [-0.15, -0.1) is 5.11 Å². The van der Waals surface area contributed by atoms with E-state index in [0.717, 1.165) is 35.8 Å². The second kappa shape index (κ2) is 8.57. The molecular formula is C18H23N5O3. The molecule has 1 aliphatic heterocycles. The van der Waals surface area contributed by atoms with E-state index in [4.69, 9.17) is 14.2 Å². The van der Waals surface area contributed by atoms with E-state index in [1.165, 1.54) is 0 Å². The highest BCUT2D eigenvalue weighted by atomic mass is 16.5. The first kappa shape index (κ1) is 18.1. The number of aryl methyl sites for hydroxylation is 1. The van der Waals surface area contributed by atoms with Crippen molar-refractivity contribution >= 4 is 11.8 Å². The van der Waals surface area contributed by atoms with Crippen LogP contribution in [0.15, 0.2) is 34.5 Å². The van der Waals surface area contributed by atoms with E-state index < -0.39 is 0 Å². The third kappa shape index (κ3) is 4.45. The number of anilines is 1. The number of rotatable bonds is 6. The number of hydrogen-bond acceptors (Lipinski definition) is 8. The first-order valence-corrected chi connectivity index (χ1v) is 8.46. The van der Waals surface area contributed by atoms with Crippen LogP contribution in [-0.2, 0) is 11.3 Å². The maximum absolute atomic E-state index is 5.37. The van der Waals surface area contributed by atoms with Gasteiger partial charge in [-0.1, -0.05) is 0 Å². The van der Waals surface area contributed by atoms with Gasteiger partial charge in [0.2, 0.25) is 5.95 Å². The molecule has 0 N–H and O–H groups in total. The van der Waals surface area contributed by atoms with Gasteiger partial charge in [-0.05, 0) is 25.1 Å². The topological polar surface area (TPSA) is 81.4 Å². The molecule has 8 heteroatoms. The number of morpholine rings is 1. The van der Waals surface area contributed by atoms with Gasteiger partial charge in [-0.2, -0.15) is 10.1 Å². The van der Waals surface area contributed by atoms with E-state index in [2.05, 4.69) is 25.1 Å². The molecule has 2 heterocycles. The van der Waals surface area contributed by atoms with Crippen LogP contribution in [-0.4, -0.2) is 50.5 Å². The number of aromatic nitrogens is 2. The lowest BCUT2D eigenvalue weighted by Gasteiger charge is -2.26. The third-order valence-corrected chi connectivity index (χ3v) is 4.02. The van der Waals surface area contributed by atoms with E-state index >= 15 is 0 Å². The molecule has 2 aromatic rings. The molecule has 0 unspecified atom stereocenters. The molecule has 1 fully saturated rings. The lowest BCUT2D eigenvalue weighted by Crippen LogP contribution is -2.37. The Labute approximate surface area is 152 Å². The van der Waals surface area contributed by atoms with Gasteiger partial charge in [0, 0.05) is 30.4 Å². The molecule has 1 saturated heterocycles. The highest BCUT2D eigenvalue weighted by molar-refractivity contribution is 5.41. The summed E-state index contributed by atoms with van der Waals surface area (Å²) in [5.41, 5.74) is 1.75. The lowest BCUT2D eigenvalue weighted by atomic mass is 10.2. The molecule has 0 radical (unpaired) electrons. The molecule has 1 aliphatic rings. The molecule has 1 aromatic carbocycles. The Morgan fingerprint density at radius 3 is 2.65 bits per heavy atom. The second-order valence-corrected chi connectivity index (χ2v) is 5.84. The van der Waals surface area contributed by atoms with Crippen molar-refractivity contribution in [3.05, 3.63) is 35.5 Å². The molecule has 0 spiro atoms. The van der Waals surface area contributed by atoms with E-state index in [1.54, 1.807) is 14.2 Å². The third-order valence-electron chi connectivity index (χ3n) is 4.02. The summed E-state index contributed by atoms with van der Waals surface area (Å²) < 4.78 is 16.0. The van der Waals surface area contributed by atoms with Gasteiger partial charge in [-0.3, -0.25) is 0 Å². The first-order chi connectivity index (χ1) is 12.7. The Morgan fingerprint density at radius 1 is 1.12 bits per heavy atom. The van der Waals surface area contributed by atoms with Gasteiger partial charge in [0.25, 0.3) is 0 Å². The van der Waals surface area contributed by atoms with Crippen LogP contribution in [0.2, 0.25) is 0 Å². The monoisotopic (exact) mass is 357 g/mol. The van der Waals surface area contributed by atoms with Crippen molar-refractivity contribution < 1.29 is 14.2 Å². The van der Waals surface area contributed by atoms with Gasteiger partial charge >= 0.3 is 0 Å². The summed E-state index contributed by atoms with van der Waals surface area (Å²) in [4.78, 5) is 11.1. The second-order valence-electron chi connectivity index (χ2n) is 5.84. The fraction of sp³-hybridized carbons (Fsp3) is 0.444. The van der Waals surface area contributed by atoms with Crippen LogP contribution in [0.3, 0.4) is 0 Å². The fourth-order valence-electron chi connectivity index (χ4n) is 2.68. The summed E-state index contributed by atoms with van der Waals surface area (Å²) in [6, 6.07) is 7.41. The molecule has 0 amide bonds. The Balaban J connectivity index is 1.75. The van der Waals surface area contributed by atoms with Gasteiger partial charge in [0.05, 0.1) is 34.0 Å². The molecule has 0 aliphatic carbocycles. The van der Waals surface area contributed by atoms with Gasteiger partial charge in [0.15, 0.2) is 5.82 Å². The summed E-state index contributed by atoms with van der Waals surface area (Å²) >= 11 is 0. The number of nitrogens with zero attached hydrogens (tertiary/aromatic N) is 5. The number of azo groups is 1. The Kier molecular flexibility index (Phi) is 5.96. The van der Waals surface area contributed by atoms with E-state index in [1.807, 2.05) is 31.2 Å². The van der Waals surface area contributed by atoms with Crippen molar-refractivity contribution in [1.29, 1.82) is 0 Å². The number of ether oxygens (including phenoxy) is 3. The highest BCUT2D eigenvalue weighted by Gasteiger charge is 2.15. The van der Waals surface area contributed by atoms with Crippen molar-refractivity contribution in [2.75, 3.05) is 45.4 Å². The molecule has 0 saturated carbocycles. The van der Waals surface area contributed by atoms with Crippen molar-refractivity contribution in [3.63, 3.8) is 0 Å². The number of hydrogen-bond donors (Lipinski definition) is 0. The maximum atomic E-state index is 5.37. The average Bonchev–Trinajstić information content (AvgIpc) is 2.68. The van der Waals surface area contributed by atoms with Crippen LogP contribution in [0.1, 0.15) is 11.3 Å².